The fourth-order valence-electron chi connectivity index (χ4n) is 1.90. The van der Waals surface area contributed by atoms with Gasteiger partial charge in [-0.2, -0.15) is 0 Å². The molecular weight excluding hydrogens is 330 g/mol. The molecule has 0 aliphatic carbocycles. The smallest absolute Gasteiger partial charge is 0.269 e. The molecule has 0 aliphatic rings. The first-order chi connectivity index (χ1) is 11.1. The van der Waals surface area contributed by atoms with Gasteiger partial charge in [0, 0.05) is 24.4 Å². The summed E-state index contributed by atoms with van der Waals surface area (Å²) in [5.74, 6) is 0.318. The van der Waals surface area contributed by atoms with E-state index in [0.717, 1.165) is 22.0 Å². The lowest BCUT2D eigenvalue weighted by atomic mass is 10.1. The first-order valence-electron chi connectivity index (χ1n) is 7.12. The molecule has 3 aromatic heterocycles. The zero-order valence-corrected chi connectivity index (χ0v) is 14.3. The molecule has 0 aromatic carbocycles. The van der Waals surface area contributed by atoms with Crippen LogP contribution in [0.3, 0.4) is 0 Å². The zero-order valence-electron chi connectivity index (χ0n) is 12.7. The molecule has 1 amide bonds. The predicted octanol–water partition coefficient (Wildman–Crippen LogP) is 3.51. The molecule has 118 valence electrons. The van der Waals surface area contributed by atoms with Crippen molar-refractivity contribution in [1.82, 2.24) is 20.2 Å². The van der Waals surface area contributed by atoms with Crippen molar-refractivity contribution in [1.29, 1.82) is 0 Å². The van der Waals surface area contributed by atoms with Gasteiger partial charge in [-0.15, -0.1) is 21.5 Å². The third-order valence-electron chi connectivity index (χ3n) is 2.93. The molecular formula is C15H15N5OS2. The molecule has 0 atom stereocenters. The van der Waals surface area contributed by atoms with Crippen molar-refractivity contribution in [2.75, 3.05) is 5.32 Å². The van der Waals surface area contributed by atoms with Crippen LogP contribution in [0.5, 0.6) is 0 Å². The molecule has 0 aliphatic heterocycles. The number of rotatable bonds is 5. The van der Waals surface area contributed by atoms with E-state index in [2.05, 4.69) is 39.3 Å². The summed E-state index contributed by atoms with van der Waals surface area (Å²) in [7, 11) is 0. The molecule has 0 saturated carbocycles. The second kappa shape index (κ2) is 6.93. The molecule has 3 rings (SSSR count). The lowest BCUT2D eigenvalue weighted by molar-refractivity contribution is 0.103. The van der Waals surface area contributed by atoms with E-state index in [0.29, 0.717) is 15.9 Å². The molecule has 0 spiro atoms. The monoisotopic (exact) mass is 345 g/mol. The predicted molar refractivity (Wildman–Crippen MR) is 91.7 cm³/mol. The topological polar surface area (TPSA) is 80.7 Å². The van der Waals surface area contributed by atoms with Crippen molar-refractivity contribution in [3.05, 3.63) is 40.6 Å². The lowest BCUT2D eigenvalue weighted by Gasteiger charge is -1.98. The molecule has 0 saturated heterocycles. The van der Waals surface area contributed by atoms with Gasteiger partial charge in [0.15, 0.2) is 0 Å². The Morgan fingerprint density at radius 3 is 2.74 bits per heavy atom. The average Bonchev–Trinajstić information content (AvgIpc) is 3.17. The van der Waals surface area contributed by atoms with Crippen LogP contribution in [-0.4, -0.2) is 26.1 Å². The highest BCUT2D eigenvalue weighted by Gasteiger charge is 2.14. The van der Waals surface area contributed by atoms with Gasteiger partial charge in [-0.3, -0.25) is 15.1 Å². The van der Waals surface area contributed by atoms with E-state index in [-0.39, 0.29) is 5.91 Å². The van der Waals surface area contributed by atoms with Crippen LogP contribution >= 0.6 is 22.7 Å². The Hall–Kier alpha value is -2.19. The summed E-state index contributed by atoms with van der Waals surface area (Å²) >= 11 is 2.75. The van der Waals surface area contributed by atoms with Gasteiger partial charge in [0.05, 0.1) is 11.2 Å². The van der Waals surface area contributed by atoms with Gasteiger partial charge in [0.1, 0.15) is 9.88 Å². The van der Waals surface area contributed by atoms with Crippen LogP contribution in [0.15, 0.2) is 30.7 Å². The normalized spacial score (nSPS) is 10.9. The number of nitrogens with one attached hydrogen (secondary N) is 1. The Bertz CT molecular complexity index is 797. The fraction of sp³-hybridized carbons (Fsp3) is 0.267. The molecule has 8 heteroatoms. The maximum Gasteiger partial charge on any atom is 0.269 e. The molecule has 6 nitrogen and oxygen atoms in total. The quantitative estimate of drug-likeness (QED) is 0.765. The van der Waals surface area contributed by atoms with Gasteiger partial charge in [-0.25, -0.2) is 4.98 Å². The molecule has 3 aromatic rings. The van der Waals surface area contributed by atoms with E-state index in [1.165, 1.54) is 22.7 Å². The largest absolute Gasteiger partial charge is 0.296 e. The highest BCUT2D eigenvalue weighted by atomic mass is 32.1. The van der Waals surface area contributed by atoms with E-state index in [1.54, 1.807) is 18.6 Å². The summed E-state index contributed by atoms with van der Waals surface area (Å²) in [5, 5.41) is 13.1. The van der Waals surface area contributed by atoms with Crippen molar-refractivity contribution < 1.29 is 4.79 Å². The Morgan fingerprint density at radius 1 is 1.22 bits per heavy atom. The third-order valence-corrected chi connectivity index (χ3v) is 4.84. The number of thiazole rings is 1. The van der Waals surface area contributed by atoms with E-state index in [4.69, 9.17) is 0 Å². The summed E-state index contributed by atoms with van der Waals surface area (Å²) in [4.78, 5) is 21.1. The van der Waals surface area contributed by atoms with Gasteiger partial charge >= 0.3 is 0 Å². The highest BCUT2D eigenvalue weighted by Crippen LogP contribution is 2.26. The van der Waals surface area contributed by atoms with Crippen LogP contribution in [0.1, 0.15) is 28.5 Å². The van der Waals surface area contributed by atoms with E-state index >= 15 is 0 Å². The van der Waals surface area contributed by atoms with Crippen LogP contribution in [0.25, 0.3) is 10.6 Å². The van der Waals surface area contributed by atoms with Crippen molar-refractivity contribution in [2.45, 2.75) is 20.3 Å². The number of carbonyl (C=O) groups excluding carboxylic acids is 1. The minimum Gasteiger partial charge on any atom is -0.296 e. The maximum atomic E-state index is 12.2. The molecule has 1 N–H and O–H groups in total. The SMILES string of the molecule is CC(C)Cc1ncc(C(=O)Nc2nnc(-c3ccncc3)s2)s1. The number of aromatic nitrogens is 4. The van der Waals surface area contributed by atoms with E-state index in [1.807, 2.05) is 12.1 Å². The van der Waals surface area contributed by atoms with Gasteiger partial charge < -0.3 is 0 Å². The maximum absolute atomic E-state index is 12.2. The summed E-state index contributed by atoms with van der Waals surface area (Å²) in [6, 6.07) is 3.71. The number of nitrogens with zero attached hydrogens (tertiary/aromatic N) is 4. The average molecular weight is 345 g/mol. The van der Waals surface area contributed by atoms with Crippen LogP contribution in [-0.2, 0) is 6.42 Å². The number of hydrogen-bond donors (Lipinski definition) is 1. The molecule has 0 unspecified atom stereocenters. The molecule has 0 fully saturated rings. The van der Waals surface area contributed by atoms with Crippen LogP contribution in [0.2, 0.25) is 0 Å². The highest BCUT2D eigenvalue weighted by molar-refractivity contribution is 7.18. The number of pyridine rings is 1. The Kier molecular flexibility index (Phi) is 4.73. The summed E-state index contributed by atoms with van der Waals surface area (Å²) in [6.45, 7) is 4.26. The first-order valence-corrected chi connectivity index (χ1v) is 8.75. The van der Waals surface area contributed by atoms with Crippen molar-refractivity contribution in [3.8, 4) is 10.6 Å². The number of hydrogen-bond acceptors (Lipinski definition) is 7. The van der Waals surface area contributed by atoms with Crippen LogP contribution < -0.4 is 5.32 Å². The van der Waals surface area contributed by atoms with Gasteiger partial charge in [0.25, 0.3) is 5.91 Å². The minimum atomic E-state index is -0.199. The molecule has 0 bridgehead atoms. The van der Waals surface area contributed by atoms with Gasteiger partial charge in [-0.1, -0.05) is 25.2 Å². The number of anilines is 1. The molecule has 23 heavy (non-hydrogen) atoms. The Balaban J connectivity index is 1.69. The Labute approximate surface area is 141 Å². The van der Waals surface area contributed by atoms with E-state index in [9.17, 15) is 4.79 Å². The number of amides is 1. The lowest BCUT2D eigenvalue weighted by Crippen LogP contribution is -2.09. The summed E-state index contributed by atoms with van der Waals surface area (Å²) in [5.41, 5.74) is 0.926. The second-order valence-corrected chi connectivity index (χ2v) is 7.41. The summed E-state index contributed by atoms with van der Waals surface area (Å²) in [6.07, 6.45) is 5.89. The number of carbonyl (C=O) groups is 1. The van der Waals surface area contributed by atoms with E-state index < -0.39 is 0 Å². The summed E-state index contributed by atoms with van der Waals surface area (Å²) < 4.78 is 0. The van der Waals surface area contributed by atoms with Crippen molar-refractivity contribution in [3.63, 3.8) is 0 Å². The minimum absolute atomic E-state index is 0.199. The van der Waals surface area contributed by atoms with Crippen LogP contribution in [0.4, 0.5) is 5.13 Å². The van der Waals surface area contributed by atoms with Gasteiger partial charge in [0.2, 0.25) is 5.13 Å². The standard InChI is InChI=1S/C15H15N5OS2/c1-9(2)7-12-17-8-11(22-12)13(21)18-15-20-19-14(23-15)10-3-5-16-6-4-10/h3-6,8-9H,7H2,1-2H3,(H,18,20,21). The third kappa shape index (κ3) is 3.96. The van der Waals surface area contributed by atoms with Crippen molar-refractivity contribution >= 4 is 33.7 Å². The van der Waals surface area contributed by atoms with Crippen LogP contribution in [0, 0.1) is 5.92 Å². The van der Waals surface area contributed by atoms with Crippen molar-refractivity contribution in [2.24, 2.45) is 5.92 Å². The zero-order chi connectivity index (χ0) is 16.2. The Morgan fingerprint density at radius 2 is 2.00 bits per heavy atom. The van der Waals surface area contributed by atoms with Gasteiger partial charge in [-0.05, 0) is 18.1 Å². The fourth-order valence-corrected chi connectivity index (χ4v) is 3.67. The second-order valence-electron chi connectivity index (χ2n) is 5.32. The molecule has 3 heterocycles. The molecule has 0 radical (unpaired) electrons. The first kappa shape index (κ1) is 15.7.